The number of hydrogen-bond donors (Lipinski definition) is 0. The van der Waals surface area contributed by atoms with Gasteiger partial charge in [0.15, 0.2) is 11.5 Å². The second kappa shape index (κ2) is 6.62. The van der Waals surface area contributed by atoms with Crippen LogP contribution in [0.4, 0.5) is 0 Å². The molecule has 1 aromatic carbocycles. The van der Waals surface area contributed by atoms with Crippen molar-refractivity contribution in [3.05, 3.63) is 34.9 Å². The minimum atomic E-state index is -0.207. The van der Waals surface area contributed by atoms with Crippen LogP contribution in [-0.2, 0) is 16.0 Å². The zero-order chi connectivity index (χ0) is 18.4. The number of rotatable bonds is 4. The van der Waals surface area contributed by atoms with Gasteiger partial charge in [0, 0.05) is 25.0 Å². The Kier molecular flexibility index (Phi) is 4.10. The fourth-order valence-corrected chi connectivity index (χ4v) is 4.94. The monoisotopic (exact) mass is 363 g/mol. The van der Waals surface area contributed by atoms with E-state index in [1.807, 2.05) is 0 Å². The average molecular weight is 363 g/mol. The van der Waals surface area contributed by atoms with Gasteiger partial charge in [0.2, 0.25) is 6.79 Å². The van der Waals surface area contributed by atoms with Gasteiger partial charge in [-0.2, -0.15) is 0 Å². The molecule has 1 aliphatic carbocycles. The lowest BCUT2D eigenvalue weighted by Crippen LogP contribution is -2.51. The van der Waals surface area contributed by atoms with E-state index >= 15 is 0 Å². The van der Waals surface area contributed by atoms with Crippen molar-refractivity contribution < 1.29 is 18.9 Å². The zero-order valence-corrected chi connectivity index (χ0v) is 15.0. The van der Waals surface area contributed by atoms with E-state index in [2.05, 4.69) is 34.9 Å². The fourth-order valence-electron chi connectivity index (χ4n) is 4.94. The highest BCUT2D eigenvalue weighted by atomic mass is 16.7. The second-order valence-corrected chi connectivity index (χ2v) is 7.30. The smallest absolute Gasteiger partial charge is 0.231 e. The molecule has 3 heterocycles. The quantitative estimate of drug-likeness (QED) is 0.605. The number of fused-ring (bicyclic) bond motifs is 3. The van der Waals surface area contributed by atoms with E-state index in [4.69, 9.17) is 31.8 Å². The molecule has 4 atom stereocenters. The predicted octanol–water partition coefficient (Wildman–Crippen LogP) is 2.06. The van der Waals surface area contributed by atoms with E-state index in [0.717, 1.165) is 31.0 Å². The number of nitrogens with zero attached hydrogens (tertiary/aromatic N) is 1. The number of benzene rings is 1. The summed E-state index contributed by atoms with van der Waals surface area (Å²) in [5.74, 6) is 6.90. The molecule has 0 aromatic heterocycles. The Morgan fingerprint density at radius 1 is 1.11 bits per heavy atom. The maximum Gasteiger partial charge on any atom is 0.231 e. The normalized spacial score (nSPS) is 30.1. The highest BCUT2D eigenvalue weighted by Gasteiger charge is 2.50. The van der Waals surface area contributed by atoms with Crippen molar-refractivity contribution in [1.29, 1.82) is 0 Å². The van der Waals surface area contributed by atoms with Crippen LogP contribution in [-0.4, -0.2) is 49.7 Å². The van der Waals surface area contributed by atoms with Crippen molar-refractivity contribution in [1.82, 2.24) is 4.90 Å². The Morgan fingerprint density at radius 2 is 1.89 bits per heavy atom. The highest BCUT2D eigenvalue weighted by molar-refractivity contribution is 5.53. The molecule has 5 rings (SSSR count). The van der Waals surface area contributed by atoms with Crippen LogP contribution in [0.2, 0.25) is 0 Å². The van der Waals surface area contributed by atoms with Crippen molar-refractivity contribution >= 4 is 0 Å². The summed E-state index contributed by atoms with van der Waals surface area (Å²) in [5.41, 5.74) is 3.91. The molecule has 0 saturated carbocycles. The average Bonchev–Trinajstić information content (AvgIpc) is 3.30. The minimum Gasteiger partial charge on any atom is -0.454 e. The minimum absolute atomic E-state index is 0.127. The molecule has 5 nitrogen and oxygen atoms in total. The molecule has 0 spiro atoms. The molecule has 1 aromatic rings. The van der Waals surface area contributed by atoms with Crippen LogP contribution < -0.4 is 9.47 Å². The van der Waals surface area contributed by atoms with Gasteiger partial charge in [0.05, 0.1) is 6.10 Å². The molecule has 0 unspecified atom stereocenters. The lowest BCUT2D eigenvalue weighted by Gasteiger charge is -2.46. The van der Waals surface area contributed by atoms with Crippen LogP contribution in [0.1, 0.15) is 23.5 Å². The first-order valence-corrected chi connectivity index (χ1v) is 9.27. The Hall–Kier alpha value is -2.44. The summed E-state index contributed by atoms with van der Waals surface area (Å²) >= 11 is 0. The summed E-state index contributed by atoms with van der Waals surface area (Å²) in [6.07, 6.45) is 13.8. The first-order valence-electron chi connectivity index (χ1n) is 9.27. The van der Waals surface area contributed by atoms with Crippen LogP contribution in [0, 0.1) is 24.7 Å². The summed E-state index contributed by atoms with van der Waals surface area (Å²) in [6, 6.07) is 4.54. The molecule has 0 amide bonds. The Bertz CT molecular complexity index is 878. The fraction of sp³-hybridized carbons (Fsp3) is 0.455. The van der Waals surface area contributed by atoms with E-state index in [1.54, 1.807) is 0 Å². The molecule has 0 N–H and O–H groups in total. The summed E-state index contributed by atoms with van der Waals surface area (Å²) in [4.78, 5) is 2.52. The standard InChI is InChI=1S/C22H21NO4/c1-3-7-24-19-9-14-5-6-23-12-15-10-17-18(27-13-26-17)11-16(15)20(21(14)23)22(19)25-8-4-2/h1-2,9-11,19-22H,5-8,12-13H2/t19-,20-,21+,22+/m0/s1. The Labute approximate surface area is 159 Å². The van der Waals surface area contributed by atoms with E-state index in [0.29, 0.717) is 6.04 Å². The molecular formula is C22H21NO4. The third-order valence-electron chi connectivity index (χ3n) is 5.94. The summed E-state index contributed by atoms with van der Waals surface area (Å²) in [7, 11) is 0. The lowest BCUT2D eigenvalue weighted by atomic mass is 9.73. The number of terminal acetylenes is 2. The van der Waals surface area contributed by atoms with Gasteiger partial charge in [-0.15, -0.1) is 12.8 Å². The van der Waals surface area contributed by atoms with Crippen molar-refractivity contribution in [2.45, 2.75) is 37.1 Å². The molecule has 0 bridgehead atoms. The first-order chi connectivity index (χ1) is 13.3. The van der Waals surface area contributed by atoms with Gasteiger partial charge in [-0.05, 0) is 29.7 Å². The van der Waals surface area contributed by atoms with Crippen molar-refractivity contribution in [3.63, 3.8) is 0 Å². The van der Waals surface area contributed by atoms with Gasteiger partial charge >= 0.3 is 0 Å². The number of ether oxygens (including phenoxy) is 4. The molecule has 5 heteroatoms. The second-order valence-electron chi connectivity index (χ2n) is 7.30. The summed E-state index contributed by atoms with van der Waals surface area (Å²) in [6.45, 7) is 2.70. The SMILES string of the molecule is C#CCO[C@H]1[C@H]2c3cc4c(cc3CN3CCC(=C[C@@H]1OCC#C)[C@H]23)OCO4. The van der Waals surface area contributed by atoms with E-state index in [1.165, 1.54) is 16.7 Å². The molecule has 3 aliphatic heterocycles. The molecular weight excluding hydrogens is 342 g/mol. The molecule has 4 aliphatic rings. The van der Waals surface area contributed by atoms with Crippen LogP contribution >= 0.6 is 0 Å². The van der Waals surface area contributed by atoms with Gasteiger partial charge in [0.25, 0.3) is 0 Å². The van der Waals surface area contributed by atoms with Crippen LogP contribution in [0.5, 0.6) is 11.5 Å². The number of hydrogen-bond acceptors (Lipinski definition) is 5. The molecule has 27 heavy (non-hydrogen) atoms. The zero-order valence-electron chi connectivity index (χ0n) is 15.0. The van der Waals surface area contributed by atoms with Gasteiger partial charge in [-0.3, -0.25) is 4.90 Å². The van der Waals surface area contributed by atoms with Gasteiger partial charge in [-0.25, -0.2) is 0 Å². The Balaban J connectivity index is 1.61. The van der Waals surface area contributed by atoms with E-state index in [-0.39, 0.29) is 38.1 Å². The first kappa shape index (κ1) is 16.7. The lowest BCUT2D eigenvalue weighted by molar-refractivity contribution is -0.0648. The molecule has 1 saturated heterocycles. The van der Waals surface area contributed by atoms with E-state index < -0.39 is 0 Å². The van der Waals surface area contributed by atoms with Crippen LogP contribution in [0.3, 0.4) is 0 Å². The highest BCUT2D eigenvalue weighted by Crippen LogP contribution is 2.50. The third-order valence-corrected chi connectivity index (χ3v) is 5.94. The van der Waals surface area contributed by atoms with Crippen molar-refractivity contribution in [2.75, 3.05) is 26.6 Å². The third kappa shape index (κ3) is 2.63. The topological polar surface area (TPSA) is 40.2 Å². The van der Waals surface area contributed by atoms with E-state index in [9.17, 15) is 0 Å². The van der Waals surface area contributed by atoms with Gasteiger partial charge in [0.1, 0.15) is 19.3 Å². The Morgan fingerprint density at radius 3 is 2.70 bits per heavy atom. The van der Waals surface area contributed by atoms with Crippen LogP contribution in [0.25, 0.3) is 0 Å². The molecule has 0 radical (unpaired) electrons. The molecule has 138 valence electrons. The van der Waals surface area contributed by atoms with Gasteiger partial charge in [-0.1, -0.05) is 23.5 Å². The summed E-state index contributed by atoms with van der Waals surface area (Å²) in [5, 5.41) is 0. The largest absolute Gasteiger partial charge is 0.454 e. The summed E-state index contributed by atoms with van der Waals surface area (Å²) < 4.78 is 23.3. The predicted molar refractivity (Wildman–Crippen MR) is 99.4 cm³/mol. The maximum absolute atomic E-state index is 6.14. The van der Waals surface area contributed by atoms with Crippen molar-refractivity contribution in [2.24, 2.45) is 0 Å². The molecule has 1 fully saturated rings. The van der Waals surface area contributed by atoms with Crippen molar-refractivity contribution in [3.8, 4) is 36.2 Å². The maximum atomic E-state index is 6.14. The van der Waals surface area contributed by atoms with Gasteiger partial charge < -0.3 is 18.9 Å². The van der Waals surface area contributed by atoms with Crippen LogP contribution in [0.15, 0.2) is 23.8 Å².